The van der Waals surface area contributed by atoms with Gasteiger partial charge in [0.1, 0.15) is 0 Å². The summed E-state index contributed by atoms with van der Waals surface area (Å²) < 4.78 is 60.7. The van der Waals surface area contributed by atoms with E-state index < -0.39 is 28.1 Å². The third kappa shape index (κ3) is 9.35. The zero-order valence-electron chi connectivity index (χ0n) is 22.9. The largest absolute Gasteiger partial charge is 0.490 e. The predicted molar refractivity (Wildman–Crippen MR) is 149 cm³/mol. The summed E-state index contributed by atoms with van der Waals surface area (Å²) in [6.45, 7) is 7.02. The molecule has 41 heavy (non-hydrogen) atoms. The van der Waals surface area contributed by atoms with Crippen molar-refractivity contribution in [2.24, 2.45) is 5.92 Å². The Labute approximate surface area is 238 Å². The third-order valence-electron chi connectivity index (χ3n) is 7.37. The lowest BCUT2D eigenvalue weighted by molar-refractivity contribution is -0.192. The summed E-state index contributed by atoms with van der Waals surface area (Å²) in [5.41, 5.74) is 1.75. The van der Waals surface area contributed by atoms with Gasteiger partial charge in [0.25, 0.3) is 10.0 Å². The van der Waals surface area contributed by atoms with Gasteiger partial charge in [-0.15, -0.1) is 0 Å². The van der Waals surface area contributed by atoms with E-state index in [4.69, 9.17) is 9.90 Å². The van der Waals surface area contributed by atoms with Crippen molar-refractivity contribution in [2.45, 2.75) is 56.5 Å². The second-order valence-electron chi connectivity index (χ2n) is 10.3. The van der Waals surface area contributed by atoms with E-state index in [9.17, 15) is 31.5 Å². The number of hydrogen-bond donors (Lipinski definition) is 3. The number of nitrogens with zero attached hydrogens (tertiary/aromatic N) is 2. The van der Waals surface area contributed by atoms with Gasteiger partial charge in [0.15, 0.2) is 0 Å². The van der Waals surface area contributed by atoms with Crippen molar-refractivity contribution in [1.82, 2.24) is 4.90 Å². The van der Waals surface area contributed by atoms with Crippen molar-refractivity contribution in [3.63, 3.8) is 0 Å². The van der Waals surface area contributed by atoms with E-state index in [0.29, 0.717) is 17.2 Å². The van der Waals surface area contributed by atoms with Gasteiger partial charge in [0.2, 0.25) is 0 Å². The summed E-state index contributed by atoms with van der Waals surface area (Å²) >= 11 is 0. The molecule has 226 valence electrons. The quantitative estimate of drug-likeness (QED) is 0.377. The molecule has 2 aromatic rings. The van der Waals surface area contributed by atoms with Crippen LogP contribution in [0.25, 0.3) is 0 Å². The number of halogens is 3. The predicted octanol–water partition coefficient (Wildman–Crippen LogP) is 5.22. The lowest BCUT2D eigenvalue weighted by Gasteiger charge is -2.36. The van der Waals surface area contributed by atoms with E-state index in [1.54, 1.807) is 43.3 Å². The second-order valence-corrected chi connectivity index (χ2v) is 12.0. The first-order chi connectivity index (χ1) is 19.3. The van der Waals surface area contributed by atoms with E-state index in [2.05, 4.69) is 14.5 Å². The van der Waals surface area contributed by atoms with E-state index >= 15 is 0 Å². The van der Waals surface area contributed by atoms with Crippen LogP contribution in [0.15, 0.2) is 47.4 Å². The molecule has 0 bridgehead atoms. The fourth-order valence-electron chi connectivity index (χ4n) is 5.09. The normalized spacial score (nSPS) is 16.9. The molecular formula is C28H36F3N3O6S. The van der Waals surface area contributed by atoms with Crippen molar-refractivity contribution in [1.29, 1.82) is 0 Å². The molecule has 9 nitrogen and oxygen atoms in total. The van der Waals surface area contributed by atoms with E-state index in [1.165, 1.54) is 51.4 Å². The average Bonchev–Trinajstić information content (AvgIpc) is 2.92. The Morgan fingerprint density at radius 1 is 0.976 bits per heavy atom. The van der Waals surface area contributed by atoms with Gasteiger partial charge >= 0.3 is 18.1 Å². The number of anilines is 2. The van der Waals surface area contributed by atoms with Crippen molar-refractivity contribution < 1.29 is 41.4 Å². The van der Waals surface area contributed by atoms with Crippen LogP contribution in [0.1, 0.15) is 54.4 Å². The van der Waals surface area contributed by atoms with Crippen LogP contribution < -0.4 is 9.62 Å². The summed E-state index contributed by atoms with van der Waals surface area (Å²) in [4.78, 5) is 25.4. The Morgan fingerprint density at radius 2 is 1.59 bits per heavy atom. The van der Waals surface area contributed by atoms with Crippen LogP contribution in [0.2, 0.25) is 0 Å². The first-order valence-electron chi connectivity index (χ1n) is 13.5. The lowest BCUT2D eigenvalue weighted by atomic mass is 9.92. The Kier molecular flexibility index (Phi) is 11.0. The summed E-state index contributed by atoms with van der Waals surface area (Å²) in [5, 5.41) is 16.6. The topological polar surface area (TPSA) is 127 Å². The minimum Gasteiger partial charge on any atom is -0.478 e. The highest BCUT2D eigenvalue weighted by Crippen LogP contribution is 2.34. The molecule has 2 aliphatic heterocycles. The van der Waals surface area contributed by atoms with Gasteiger partial charge in [-0.1, -0.05) is 24.6 Å². The molecule has 2 heterocycles. The number of carboxylic acids is 2. The van der Waals surface area contributed by atoms with E-state index in [-0.39, 0.29) is 10.5 Å². The molecule has 2 fully saturated rings. The van der Waals surface area contributed by atoms with Gasteiger partial charge in [0, 0.05) is 13.1 Å². The zero-order chi connectivity index (χ0) is 30.2. The Balaban J connectivity index is 0.000000587. The smallest absolute Gasteiger partial charge is 0.478 e. The number of aryl methyl sites for hydroxylation is 1. The van der Waals surface area contributed by atoms with Crippen molar-refractivity contribution >= 4 is 33.3 Å². The number of benzene rings is 2. The Bertz CT molecular complexity index is 1310. The summed E-state index contributed by atoms with van der Waals surface area (Å²) in [5.74, 6) is -3.17. The standard InChI is InChI=1S/C26H35N3O4S.C2HF3O2/c1-20-7-3-4-8-25(20)34(32,33)27-23-19-22(26(30)31)9-10-24(23)29-17-12-21(13-18-29)11-16-28-14-5-2-6-15-28;3-2(4,5)1(6)7/h3-4,7-10,19,21,27H,2,5-6,11-18H2,1H3,(H,30,31);(H,6,7). The first kappa shape index (κ1) is 32.2. The Hall–Kier alpha value is -3.32. The van der Waals surface area contributed by atoms with Crippen molar-refractivity contribution in [3.05, 3.63) is 53.6 Å². The molecule has 0 unspecified atom stereocenters. The Morgan fingerprint density at radius 3 is 2.15 bits per heavy atom. The SMILES string of the molecule is Cc1ccccc1S(=O)(=O)Nc1cc(C(=O)O)ccc1N1CCC(CCN2CCCCC2)CC1.O=C(O)C(F)(F)F. The molecule has 2 saturated heterocycles. The molecule has 3 N–H and O–H groups in total. The van der Waals surface area contributed by atoms with Crippen LogP contribution in [0.5, 0.6) is 0 Å². The minimum atomic E-state index is -5.08. The van der Waals surface area contributed by atoms with Gasteiger partial charge in [-0.2, -0.15) is 13.2 Å². The van der Waals surface area contributed by atoms with Gasteiger partial charge in [-0.25, -0.2) is 18.0 Å². The maximum Gasteiger partial charge on any atom is 0.490 e. The minimum absolute atomic E-state index is 0.0580. The number of carboxylic acid groups (broad SMARTS) is 2. The van der Waals surface area contributed by atoms with Crippen LogP contribution >= 0.6 is 0 Å². The highest BCUT2D eigenvalue weighted by Gasteiger charge is 2.38. The number of sulfonamides is 1. The fourth-order valence-corrected chi connectivity index (χ4v) is 6.41. The molecule has 4 rings (SSSR count). The number of nitrogens with one attached hydrogen (secondary N) is 1. The summed E-state index contributed by atoms with van der Waals surface area (Å²) in [6, 6.07) is 11.5. The van der Waals surface area contributed by atoms with Crippen LogP contribution in [-0.2, 0) is 14.8 Å². The van der Waals surface area contributed by atoms with Crippen molar-refractivity contribution in [3.8, 4) is 0 Å². The van der Waals surface area contributed by atoms with Gasteiger partial charge in [-0.3, -0.25) is 4.72 Å². The molecule has 0 aliphatic carbocycles. The molecule has 0 amide bonds. The monoisotopic (exact) mass is 599 g/mol. The summed E-state index contributed by atoms with van der Waals surface area (Å²) in [7, 11) is -3.85. The maximum atomic E-state index is 13.1. The number of alkyl halides is 3. The van der Waals surface area contributed by atoms with Crippen LogP contribution in [0.3, 0.4) is 0 Å². The number of aliphatic carboxylic acids is 1. The highest BCUT2D eigenvalue weighted by atomic mass is 32.2. The summed E-state index contributed by atoms with van der Waals surface area (Å²) in [6.07, 6.45) is 2.21. The number of hydrogen-bond acceptors (Lipinski definition) is 6. The number of carbonyl (C=O) groups is 2. The second kappa shape index (κ2) is 14.0. The lowest BCUT2D eigenvalue weighted by Crippen LogP contribution is -2.36. The molecular weight excluding hydrogens is 563 g/mol. The fraction of sp³-hybridized carbons (Fsp3) is 0.500. The van der Waals surface area contributed by atoms with Gasteiger partial charge in [-0.05, 0) is 94.4 Å². The number of likely N-dealkylation sites (tertiary alicyclic amines) is 1. The molecule has 13 heteroatoms. The van der Waals surface area contributed by atoms with Crippen LogP contribution in [0, 0.1) is 12.8 Å². The van der Waals surface area contributed by atoms with Gasteiger partial charge < -0.3 is 20.0 Å². The molecule has 0 atom stereocenters. The zero-order valence-corrected chi connectivity index (χ0v) is 23.7. The molecule has 0 spiro atoms. The third-order valence-corrected chi connectivity index (χ3v) is 8.90. The highest BCUT2D eigenvalue weighted by molar-refractivity contribution is 7.92. The molecule has 2 aromatic carbocycles. The van der Waals surface area contributed by atoms with E-state index in [1.807, 2.05) is 0 Å². The van der Waals surface area contributed by atoms with Crippen molar-refractivity contribution in [2.75, 3.05) is 42.3 Å². The van der Waals surface area contributed by atoms with Crippen LogP contribution in [-0.4, -0.2) is 74.4 Å². The van der Waals surface area contributed by atoms with Crippen LogP contribution in [0.4, 0.5) is 24.5 Å². The van der Waals surface area contributed by atoms with E-state index in [0.717, 1.165) is 31.6 Å². The number of rotatable bonds is 8. The molecule has 0 aromatic heterocycles. The molecule has 2 aliphatic rings. The number of aromatic carboxylic acids is 1. The number of piperidine rings is 2. The maximum absolute atomic E-state index is 13.1. The molecule has 0 radical (unpaired) electrons. The van der Waals surface area contributed by atoms with Gasteiger partial charge in [0.05, 0.1) is 21.8 Å². The average molecular weight is 600 g/mol. The first-order valence-corrected chi connectivity index (χ1v) is 15.0. The molecule has 0 saturated carbocycles.